The second kappa shape index (κ2) is 6.42. The van der Waals surface area contributed by atoms with Crippen molar-refractivity contribution in [3.05, 3.63) is 44.0 Å². The summed E-state index contributed by atoms with van der Waals surface area (Å²) in [6, 6.07) is 3.72. The summed E-state index contributed by atoms with van der Waals surface area (Å²) in [6.07, 6.45) is 0.988. The van der Waals surface area contributed by atoms with Gasteiger partial charge < -0.3 is 5.32 Å². The Balaban J connectivity index is 2.85. The van der Waals surface area contributed by atoms with Crippen molar-refractivity contribution in [3.63, 3.8) is 0 Å². The highest BCUT2D eigenvalue weighted by atomic mass is 16.6. The molecule has 110 valence electrons. The molecule has 0 fully saturated rings. The fourth-order valence-electron chi connectivity index (χ4n) is 1.65. The summed E-state index contributed by atoms with van der Waals surface area (Å²) in [5.41, 5.74) is 0.0677. The van der Waals surface area contributed by atoms with Gasteiger partial charge in [0.25, 0.3) is 11.4 Å². The number of nitrogens with zero attached hydrogens (tertiary/aromatic N) is 2. The van der Waals surface area contributed by atoms with Crippen LogP contribution in [0.2, 0.25) is 0 Å². The number of rotatable bonds is 7. The number of nitrogens with one attached hydrogen (secondary N) is 1. The van der Waals surface area contributed by atoms with Gasteiger partial charge in [0, 0.05) is 24.7 Å². The van der Waals surface area contributed by atoms with Crippen molar-refractivity contribution >= 4 is 11.4 Å². The van der Waals surface area contributed by atoms with Crippen LogP contribution in [-0.2, 0) is 6.54 Å². The molecule has 0 saturated heterocycles. The molecule has 7 heteroatoms. The van der Waals surface area contributed by atoms with Gasteiger partial charge in [-0.15, -0.1) is 0 Å². The van der Waals surface area contributed by atoms with Crippen molar-refractivity contribution in [2.24, 2.45) is 5.41 Å². The third-order valence-electron chi connectivity index (χ3n) is 3.35. The molecular formula is C13H19N3O4. The third-order valence-corrected chi connectivity index (χ3v) is 3.35. The highest BCUT2D eigenvalue weighted by Crippen LogP contribution is 2.25. The fraction of sp³-hybridized carbons (Fsp3) is 0.538. The molecule has 0 aliphatic rings. The Hall–Kier alpha value is -2.02. The Kier molecular flexibility index (Phi) is 5.15. The van der Waals surface area contributed by atoms with Crippen LogP contribution in [0, 0.1) is 25.6 Å². The van der Waals surface area contributed by atoms with Gasteiger partial charge in [0.1, 0.15) is 0 Å². The van der Waals surface area contributed by atoms with Crippen LogP contribution >= 0.6 is 0 Å². The van der Waals surface area contributed by atoms with Gasteiger partial charge in [0.15, 0.2) is 0 Å². The molecule has 7 nitrogen and oxygen atoms in total. The maximum Gasteiger partial charge on any atom is 0.280 e. The lowest BCUT2D eigenvalue weighted by Crippen LogP contribution is -2.28. The van der Waals surface area contributed by atoms with Gasteiger partial charge >= 0.3 is 0 Å². The summed E-state index contributed by atoms with van der Waals surface area (Å²) < 4.78 is 0. The van der Waals surface area contributed by atoms with Crippen molar-refractivity contribution in [3.8, 4) is 0 Å². The molecule has 1 rings (SSSR count). The lowest BCUT2D eigenvalue weighted by Gasteiger charge is -2.22. The zero-order valence-corrected chi connectivity index (χ0v) is 11.9. The van der Waals surface area contributed by atoms with Gasteiger partial charge in [-0.2, -0.15) is 0 Å². The van der Waals surface area contributed by atoms with Crippen molar-refractivity contribution in [2.75, 3.05) is 6.54 Å². The summed E-state index contributed by atoms with van der Waals surface area (Å²) >= 11 is 0. The second-order valence-electron chi connectivity index (χ2n) is 5.45. The monoisotopic (exact) mass is 281 g/mol. The van der Waals surface area contributed by atoms with Crippen LogP contribution in [0.25, 0.3) is 0 Å². The van der Waals surface area contributed by atoms with Crippen LogP contribution in [0.3, 0.4) is 0 Å². The molecule has 1 aromatic carbocycles. The first-order chi connectivity index (χ1) is 9.26. The number of hydrogen-bond donors (Lipinski definition) is 1. The first kappa shape index (κ1) is 16.0. The zero-order chi connectivity index (χ0) is 15.3. The van der Waals surface area contributed by atoms with Crippen LogP contribution in [0.5, 0.6) is 0 Å². The number of non-ortho nitro benzene ring substituents is 1. The van der Waals surface area contributed by atoms with Gasteiger partial charge in [-0.25, -0.2) is 0 Å². The molecule has 0 atom stereocenters. The third kappa shape index (κ3) is 4.27. The molecule has 0 spiro atoms. The smallest absolute Gasteiger partial charge is 0.280 e. The molecule has 0 aliphatic carbocycles. The van der Waals surface area contributed by atoms with Crippen LogP contribution in [-0.4, -0.2) is 16.4 Å². The Bertz CT molecular complexity index is 514. The van der Waals surface area contributed by atoms with Gasteiger partial charge in [0.05, 0.1) is 15.9 Å². The minimum Gasteiger partial charge on any atom is -0.312 e. The molecule has 0 unspecified atom stereocenters. The molecule has 0 aliphatic heterocycles. The van der Waals surface area contributed by atoms with Crippen molar-refractivity contribution < 1.29 is 9.85 Å². The zero-order valence-electron chi connectivity index (χ0n) is 11.9. The van der Waals surface area contributed by atoms with Crippen molar-refractivity contribution in [1.29, 1.82) is 0 Å². The maximum absolute atomic E-state index is 11.0. The van der Waals surface area contributed by atoms with Crippen LogP contribution in [0.4, 0.5) is 11.4 Å². The normalized spacial score (nSPS) is 11.3. The van der Waals surface area contributed by atoms with Crippen LogP contribution in [0.1, 0.15) is 32.8 Å². The maximum atomic E-state index is 11.0. The van der Waals surface area contributed by atoms with E-state index in [4.69, 9.17) is 0 Å². The standard InChI is InChI=1S/C13H19N3O4/c1-4-13(2,3)9-14-8-10-5-6-11(15(17)18)7-12(10)16(19)20/h5-7,14H,4,8-9H2,1-3H3. The van der Waals surface area contributed by atoms with Gasteiger partial charge in [0.2, 0.25) is 0 Å². The van der Waals surface area contributed by atoms with Crippen LogP contribution in [0.15, 0.2) is 18.2 Å². The van der Waals surface area contributed by atoms with Crippen LogP contribution < -0.4 is 5.32 Å². The molecule has 0 aromatic heterocycles. The second-order valence-corrected chi connectivity index (χ2v) is 5.45. The largest absolute Gasteiger partial charge is 0.312 e. The Morgan fingerprint density at radius 2 is 1.85 bits per heavy atom. The van der Waals surface area contributed by atoms with Gasteiger partial charge in [-0.3, -0.25) is 20.2 Å². The van der Waals surface area contributed by atoms with Crippen molar-refractivity contribution in [1.82, 2.24) is 5.32 Å². The average molecular weight is 281 g/mol. The molecule has 0 bridgehead atoms. The van der Waals surface area contributed by atoms with E-state index in [0.29, 0.717) is 12.1 Å². The number of hydrogen-bond acceptors (Lipinski definition) is 5. The molecule has 1 aromatic rings. The lowest BCUT2D eigenvalue weighted by atomic mass is 9.90. The number of nitro benzene ring substituents is 2. The average Bonchev–Trinajstić information content (AvgIpc) is 2.38. The van der Waals surface area contributed by atoms with Gasteiger partial charge in [-0.1, -0.05) is 20.8 Å². The Morgan fingerprint density at radius 3 is 2.35 bits per heavy atom. The summed E-state index contributed by atoms with van der Waals surface area (Å²) in [5.74, 6) is 0. The summed E-state index contributed by atoms with van der Waals surface area (Å²) in [7, 11) is 0. The quantitative estimate of drug-likeness (QED) is 0.611. The highest BCUT2D eigenvalue weighted by Gasteiger charge is 2.20. The Morgan fingerprint density at radius 1 is 1.20 bits per heavy atom. The summed E-state index contributed by atoms with van der Waals surface area (Å²) in [6.45, 7) is 7.32. The van der Waals surface area contributed by atoms with E-state index >= 15 is 0 Å². The summed E-state index contributed by atoms with van der Waals surface area (Å²) in [4.78, 5) is 20.4. The number of benzene rings is 1. The first-order valence-corrected chi connectivity index (χ1v) is 6.39. The topological polar surface area (TPSA) is 98.3 Å². The molecule has 1 N–H and O–H groups in total. The van der Waals surface area contributed by atoms with E-state index in [1.165, 1.54) is 12.1 Å². The predicted octanol–water partition coefficient (Wildman–Crippen LogP) is 3.03. The van der Waals surface area contributed by atoms with E-state index in [9.17, 15) is 20.2 Å². The molecule has 0 radical (unpaired) electrons. The predicted molar refractivity (Wildman–Crippen MR) is 75.5 cm³/mol. The molecule has 0 heterocycles. The van der Waals surface area contributed by atoms with E-state index in [0.717, 1.165) is 19.0 Å². The van der Waals surface area contributed by atoms with E-state index in [1.54, 1.807) is 0 Å². The highest BCUT2D eigenvalue weighted by molar-refractivity contribution is 5.49. The van der Waals surface area contributed by atoms with E-state index in [2.05, 4.69) is 26.1 Å². The minimum absolute atomic E-state index is 0.107. The van der Waals surface area contributed by atoms with Crippen molar-refractivity contribution in [2.45, 2.75) is 33.7 Å². The molecular weight excluding hydrogens is 262 g/mol. The first-order valence-electron chi connectivity index (χ1n) is 6.39. The molecule has 0 amide bonds. The summed E-state index contributed by atoms with van der Waals surface area (Å²) in [5, 5.41) is 24.8. The Labute approximate surface area is 117 Å². The SMILES string of the molecule is CCC(C)(C)CNCc1ccc([N+](=O)[O-])cc1[N+](=O)[O-]. The lowest BCUT2D eigenvalue weighted by molar-refractivity contribution is -0.394. The minimum atomic E-state index is -0.635. The van der Waals surface area contributed by atoms with E-state index < -0.39 is 9.85 Å². The van der Waals surface area contributed by atoms with Gasteiger partial charge in [-0.05, 0) is 17.9 Å². The molecule has 20 heavy (non-hydrogen) atoms. The fourth-order valence-corrected chi connectivity index (χ4v) is 1.65. The number of nitro groups is 2. The molecule has 0 saturated carbocycles. The van der Waals surface area contributed by atoms with E-state index in [1.807, 2.05) is 0 Å². The van der Waals surface area contributed by atoms with E-state index in [-0.39, 0.29) is 16.8 Å².